The molecule has 4 aliphatic rings. The molecule has 24 heavy (non-hydrogen) atoms. The van der Waals surface area contributed by atoms with Gasteiger partial charge in [-0.25, -0.2) is 0 Å². The minimum atomic E-state index is -0.529. The van der Waals surface area contributed by atoms with Crippen molar-refractivity contribution in [3.8, 4) is 0 Å². The van der Waals surface area contributed by atoms with Crippen molar-refractivity contribution in [2.75, 3.05) is 7.11 Å². The number of hydrogen-bond donors (Lipinski definition) is 1. The van der Waals surface area contributed by atoms with Crippen molar-refractivity contribution in [2.45, 2.75) is 38.2 Å². The topological polar surface area (TPSA) is 46.5 Å². The zero-order valence-corrected chi connectivity index (χ0v) is 14.1. The second-order valence-electron chi connectivity index (χ2n) is 8.10. The quantitative estimate of drug-likeness (QED) is 0.804. The molecule has 3 nitrogen and oxygen atoms in total. The third kappa shape index (κ3) is 1.85. The van der Waals surface area contributed by atoms with Crippen LogP contribution in [0.2, 0.25) is 0 Å². The summed E-state index contributed by atoms with van der Waals surface area (Å²) < 4.78 is 5.03. The number of carbonyl (C=O) groups excluding carboxylic acids is 1. The van der Waals surface area contributed by atoms with Gasteiger partial charge in [-0.05, 0) is 78.0 Å². The van der Waals surface area contributed by atoms with E-state index in [-0.39, 0.29) is 17.8 Å². The molecule has 0 aliphatic heterocycles. The summed E-state index contributed by atoms with van der Waals surface area (Å²) in [7, 11) is 1.45. The van der Waals surface area contributed by atoms with Gasteiger partial charge in [0.2, 0.25) is 0 Å². The molecule has 1 N–H and O–H groups in total. The van der Waals surface area contributed by atoms with Gasteiger partial charge >= 0.3 is 5.97 Å². The monoisotopic (exact) mass is 324 g/mol. The molecule has 0 heterocycles. The van der Waals surface area contributed by atoms with Crippen molar-refractivity contribution in [3.63, 3.8) is 0 Å². The maximum atomic E-state index is 12.3. The van der Waals surface area contributed by atoms with E-state index in [9.17, 15) is 9.90 Å². The number of allylic oxidation sites excluding steroid dienone is 2. The molecule has 2 saturated carbocycles. The number of fused-ring (bicyclic) bond motifs is 6. The molecule has 126 valence electrons. The van der Waals surface area contributed by atoms with Crippen molar-refractivity contribution in [1.82, 2.24) is 0 Å². The van der Waals surface area contributed by atoms with Gasteiger partial charge < -0.3 is 9.84 Å². The number of methoxy groups -OCH3 is 1. The molecule has 6 atom stereocenters. The molecule has 0 bridgehead atoms. The molecule has 3 unspecified atom stereocenters. The van der Waals surface area contributed by atoms with Crippen molar-refractivity contribution in [2.24, 2.45) is 29.6 Å². The fourth-order valence-electron chi connectivity index (χ4n) is 6.21. The SMILES string of the molecule is COC(=O)C1C(O)CC[C@H]2CC3CC4=C(c5ccccc54)[C@@H]3C[C@H]12. The number of benzene rings is 1. The lowest BCUT2D eigenvalue weighted by atomic mass is 9.58. The molecule has 1 aromatic rings. The van der Waals surface area contributed by atoms with Gasteiger partial charge in [0.25, 0.3) is 0 Å². The number of aliphatic hydroxyl groups is 1. The van der Waals surface area contributed by atoms with Crippen LogP contribution in [0.5, 0.6) is 0 Å². The molecule has 0 saturated heterocycles. The lowest BCUT2D eigenvalue weighted by molar-refractivity contribution is -0.158. The first-order valence-electron chi connectivity index (χ1n) is 9.27. The van der Waals surface area contributed by atoms with Gasteiger partial charge in [-0.2, -0.15) is 0 Å². The summed E-state index contributed by atoms with van der Waals surface area (Å²) in [5.41, 5.74) is 6.03. The number of hydrogen-bond acceptors (Lipinski definition) is 3. The van der Waals surface area contributed by atoms with Crippen LogP contribution in [0.4, 0.5) is 0 Å². The highest BCUT2D eigenvalue weighted by Crippen LogP contribution is 2.62. The Morgan fingerprint density at radius 1 is 1.12 bits per heavy atom. The summed E-state index contributed by atoms with van der Waals surface area (Å²) in [6, 6.07) is 8.76. The lowest BCUT2D eigenvalue weighted by Gasteiger charge is -2.47. The summed E-state index contributed by atoms with van der Waals surface area (Å²) in [5.74, 6) is 1.62. The Balaban J connectivity index is 1.46. The minimum Gasteiger partial charge on any atom is -0.469 e. The fourth-order valence-corrected chi connectivity index (χ4v) is 6.21. The van der Waals surface area contributed by atoms with E-state index in [1.165, 1.54) is 31.1 Å². The lowest BCUT2D eigenvalue weighted by Crippen LogP contribution is -2.47. The van der Waals surface area contributed by atoms with Crippen LogP contribution in [0.15, 0.2) is 24.3 Å². The molecular weight excluding hydrogens is 300 g/mol. The van der Waals surface area contributed by atoms with E-state index < -0.39 is 6.10 Å². The Bertz CT molecular complexity index is 734. The molecule has 5 rings (SSSR count). The Kier molecular flexibility index (Phi) is 3.18. The highest BCUT2D eigenvalue weighted by Gasteiger charge is 2.52. The normalized spacial score (nSPS) is 39.2. The van der Waals surface area contributed by atoms with Gasteiger partial charge in [0.15, 0.2) is 0 Å². The highest BCUT2D eigenvalue weighted by atomic mass is 16.5. The maximum Gasteiger partial charge on any atom is 0.311 e. The largest absolute Gasteiger partial charge is 0.469 e. The zero-order valence-electron chi connectivity index (χ0n) is 14.1. The van der Waals surface area contributed by atoms with Gasteiger partial charge in [0, 0.05) is 0 Å². The third-order valence-corrected chi connectivity index (χ3v) is 7.19. The maximum absolute atomic E-state index is 12.3. The summed E-state index contributed by atoms with van der Waals surface area (Å²) in [6.07, 6.45) is 4.73. The first-order chi connectivity index (χ1) is 11.7. The van der Waals surface area contributed by atoms with Crippen LogP contribution in [-0.4, -0.2) is 24.3 Å². The molecule has 1 aromatic carbocycles. The molecule has 3 heteroatoms. The molecule has 0 amide bonds. The van der Waals surface area contributed by atoms with Crippen LogP contribution >= 0.6 is 0 Å². The Morgan fingerprint density at radius 3 is 2.71 bits per heavy atom. The minimum absolute atomic E-state index is 0.211. The highest BCUT2D eigenvalue weighted by molar-refractivity contribution is 6.06. The van der Waals surface area contributed by atoms with Crippen LogP contribution in [0.25, 0.3) is 11.1 Å². The summed E-state index contributed by atoms with van der Waals surface area (Å²) in [4.78, 5) is 12.3. The van der Waals surface area contributed by atoms with E-state index >= 15 is 0 Å². The second kappa shape index (κ2) is 5.19. The van der Waals surface area contributed by atoms with Gasteiger partial charge in [-0.1, -0.05) is 24.3 Å². The Hall–Kier alpha value is -1.61. The van der Waals surface area contributed by atoms with E-state index in [0.717, 1.165) is 25.2 Å². The molecule has 0 spiro atoms. The van der Waals surface area contributed by atoms with Crippen molar-refractivity contribution >= 4 is 17.1 Å². The molecule has 4 aliphatic carbocycles. The first-order valence-corrected chi connectivity index (χ1v) is 9.27. The average molecular weight is 324 g/mol. The van der Waals surface area contributed by atoms with E-state index in [4.69, 9.17) is 4.74 Å². The Labute approximate surface area is 142 Å². The molecule has 0 aromatic heterocycles. The van der Waals surface area contributed by atoms with E-state index in [1.807, 2.05) is 0 Å². The van der Waals surface area contributed by atoms with Crippen molar-refractivity contribution < 1.29 is 14.6 Å². The summed E-state index contributed by atoms with van der Waals surface area (Å²) in [6.45, 7) is 0. The average Bonchev–Trinajstić information content (AvgIpc) is 2.91. The van der Waals surface area contributed by atoms with E-state index in [2.05, 4.69) is 24.3 Å². The van der Waals surface area contributed by atoms with Crippen LogP contribution in [0, 0.1) is 29.6 Å². The summed E-state index contributed by atoms with van der Waals surface area (Å²) in [5, 5.41) is 10.4. The van der Waals surface area contributed by atoms with Gasteiger partial charge in [0.1, 0.15) is 0 Å². The van der Waals surface area contributed by atoms with Crippen LogP contribution < -0.4 is 0 Å². The number of aliphatic hydroxyl groups excluding tert-OH is 1. The Morgan fingerprint density at radius 2 is 1.92 bits per heavy atom. The number of rotatable bonds is 1. The number of carbonyl (C=O) groups is 1. The van der Waals surface area contributed by atoms with E-state index in [0.29, 0.717) is 11.8 Å². The zero-order chi connectivity index (χ0) is 16.4. The van der Waals surface area contributed by atoms with Gasteiger partial charge in [-0.3, -0.25) is 4.79 Å². The van der Waals surface area contributed by atoms with Crippen LogP contribution in [0.3, 0.4) is 0 Å². The number of ether oxygens (including phenoxy) is 1. The molecule has 0 radical (unpaired) electrons. The molecule has 2 fully saturated rings. The van der Waals surface area contributed by atoms with Crippen molar-refractivity contribution in [3.05, 3.63) is 35.4 Å². The van der Waals surface area contributed by atoms with Crippen LogP contribution in [-0.2, 0) is 9.53 Å². The second-order valence-corrected chi connectivity index (χ2v) is 8.10. The predicted molar refractivity (Wildman–Crippen MR) is 91.8 cm³/mol. The van der Waals surface area contributed by atoms with Crippen molar-refractivity contribution in [1.29, 1.82) is 0 Å². The summed E-state index contributed by atoms with van der Waals surface area (Å²) >= 11 is 0. The smallest absolute Gasteiger partial charge is 0.311 e. The van der Waals surface area contributed by atoms with Crippen LogP contribution in [0.1, 0.15) is 43.2 Å². The molecular formula is C21H24O3. The van der Waals surface area contributed by atoms with Gasteiger partial charge in [0.05, 0.1) is 19.1 Å². The third-order valence-electron chi connectivity index (χ3n) is 7.19. The first kappa shape index (κ1) is 14.7. The standard InChI is InChI=1S/C21H24O3/c1-24-21(23)20-15-10-16-12(8-11(15)6-7-18(20)22)9-17-13-4-2-3-5-14(13)19(16)17/h2-5,11-12,15-16,18,20,22H,6-10H2,1H3/t11-,12?,15-,16+,18?,20?/m0/s1. The van der Waals surface area contributed by atoms with E-state index in [1.54, 1.807) is 11.1 Å². The van der Waals surface area contributed by atoms with Gasteiger partial charge in [-0.15, -0.1) is 0 Å². The predicted octanol–water partition coefficient (Wildman–Crippen LogP) is 3.52. The fraction of sp³-hybridized carbons (Fsp3) is 0.571. The number of esters is 1.